The van der Waals surface area contributed by atoms with Gasteiger partial charge < -0.3 is 0 Å². The average molecular weight is 417 g/mol. The summed E-state index contributed by atoms with van der Waals surface area (Å²) in [6, 6.07) is 0. The Morgan fingerprint density at radius 1 is 0.833 bits per heavy atom. The molecule has 0 saturated heterocycles. The van der Waals surface area contributed by atoms with Gasteiger partial charge in [-0.05, 0) is 117 Å². The van der Waals surface area contributed by atoms with E-state index in [1.807, 2.05) is 27.7 Å². The minimum Gasteiger partial charge on any atom is -0.0999 e. The van der Waals surface area contributed by atoms with Gasteiger partial charge in [0.2, 0.25) is 0 Å². The van der Waals surface area contributed by atoms with Crippen molar-refractivity contribution in [1.29, 1.82) is 0 Å². The van der Waals surface area contributed by atoms with Gasteiger partial charge in [0.15, 0.2) is 0 Å². The molecule has 176 valence electrons. The van der Waals surface area contributed by atoms with E-state index < -0.39 is 0 Å². The maximum Gasteiger partial charge on any atom is -0.0168 e. The third-order valence-electron chi connectivity index (χ3n) is 10.8. The fourth-order valence-electron chi connectivity index (χ4n) is 9.81. The lowest BCUT2D eigenvalue weighted by Crippen LogP contribution is -2.38. The number of hydrogen-bond donors (Lipinski definition) is 0. The summed E-state index contributed by atoms with van der Waals surface area (Å²) in [4.78, 5) is 0. The van der Waals surface area contributed by atoms with E-state index in [2.05, 4.69) is 20.4 Å². The van der Waals surface area contributed by atoms with Crippen molar-refractivity contribution in [2.45, 2.75) is 139 Å². The molecule has 2 spiro atoms. The Morgan fingerprint density at radius 2 is 1.57 bits per heavy atom. The van der Waals surface area contributed by atoms with Gasteiger partial charge in [-0.1, -0.05) is 74.0 Å². The molecule has 5 fully saturated rings. The lowest BCUT2D eigenvalue weighted by molar-refractivity contribution is 0.0306. The van der Waals surface area contributed by atoms with Crippen LogP contribution in [0.2, 0.25) is 0 Å². The van der Waals surface area contributed by atoms with E-state index in [-0.39, 0.29) is 7.43 Å². The van der Waals surface area contributed by atoms with Crippen molar-refractivity contribution < 1.29 is 0 Å². The largest absolute Gasteiger partial charge is 0.0999 e. The molecular formula is C30H56. The lowest BCUT2D eigenvalue weighted by Gasteiger charge is -2.45. The standard InChI is InChI=1S/C25H40.2C2H6.CH4/c1-4-18(2)8-7-10-19-11-12-21-23(19,3)16-14-22-24-15-6-5-9-20(24)13-17-25(21,22)24;2*1-2;/h19-22H,2,4-17H2,1,3H3;2*1-2H3;1H4. The van der Waals surface area contributed by atoms with Gasteiger partial charge in [-0.3, -0.25) is 0 Å². The Labute approximate surface area is 191 Å². The zero-order chi connectivity index (χ0) is 21.3. The van der Waals surface area contributed by atoms with Crippen LogP contribution in [0.15, 0.2) is 12.2 Å². The molecule has 0 aromatic rings. The normalized spacial score (nSPS) is 44.5. The van der Waals surface area contributed by atoms with Crippen molar-refractivity contribution in [2.75, 3.05) is 0 Å². The van der Waals surface area contributed by atoms with Crippen LogP contribution >= 0.6 is 0 Å². The highest BCUT2D eigenvalue weighted by Gasteiger charge is 2.85. The Balaban J connectivity index is 0.000000607. The molecule has 0 aliphatic heterocycles. The first kappa shape index (κ1) is 26.0. The number of rotatable bonds is 5. The Hall–Kier alpha value is -0.260. The van der Waals surface area contributed by atoms with Crippen LogP contribution in [0.1, 0.15) is 139 Å². The smallest absolute Gasteiger partial charge is 0.0168 e. The predicted octanol–water partition coefficient (Wildman–Crippen LogP) is 10.2. The SMILES string of the molecule is C.C=C(CC)CCCC1CCC2C1(C)CCC1C34CCCCC3CCC214.CC.CC. The quantitative estimate of drug-likeness (QED) is 0.391. The van der Waals surface area contributed by atoms with Crippen LogP contribution in [0, 0.1) is 39.9 Å². The van der Waals surface area contributed by atoms with Gasteiger partial charge in [-0.25, -0.2) is 0 Å². The van der Waals surface area contributed by atoms with Crippen molar-refractivity contribution in [3.05, 3.63) is 12.2 Å². The van der Waals surface area contributed by atoms with E-state index in [4.69, 9.17) is 0 Å². The average Bonchev–Trinajstić information content (AvgIpc) is 3.02. The summed E-state index contributed by atoms with van der Waals surface area (Å²) in [6.45, 7) is 17.3. The van der Waals surface area contributed by atoms with Crippen LogP contribution in [0.5, 0.6) is 0 Å². The Morgan fingerprint density at radius 3 is 2.27 bits per heavy atom. The molecule has 5 saturated carbocycles. The fourth-order valence-corrected chi connectivity index (χ4v) is 9.81. The summed E-state index contributed by atoms with van der Waals surface area (Å²) in [6.07, 6.45) is 21.2. The van der Waals surface area contributed by atoms with Crippen LogP contribution < -0.4 is 0 Å². The molecule has 5 aliphatic carbocycles. The molecule has 0 aromatic heterocycles. The van der Waals surface area contributed by atoms with Crippen molar-refractivity contribution in [3.8, 4) is 0 Å². The second-order valence-electron chi connectivity index (χ2n) is 11.0. The first-order valence-corrected chi connectivity index (χ1v) is 13.8. The summed E-state index contributed by atoms with van der Waals surface area (Å²) in [5.74, 6) is 4.43. The van der Waals surface area contributed by atoms with Crippen LogP contribution in [-0.2, 0) is 0 Å². The molecule has 0 heterocycles. The van der Waals surface area contributed by atoms with Crippen LogP contribution in [0.3, 0.4) is 0 Å². The number of fused-ring (bicyclic) bond motifs is 1. The topological polar surface area (TPSA) is 0 Å². The first-order chi connectivity index (χ1) is 14.1. The zero-order valence-corrected chi connectivity index (χ0v) is 20.9. The Bertz CT molecular complexity index is 560. The van der Waals surface area contributed by atoms with Crippen molar-refractivity contribution in [1.82, 2.24) is 0 Å². The molecular weight excluding hydrogens is 360 g/mol. The predicted molar refractivity (Wildman–Crippen MR) is 136 cm³/mol. The molecule has 0 bridgehead atoms. The highest BCUT2D eigenvalue weighted by Crippen LogP contribution is 2.91. The molecule has 0 nitrogen and oxygen atoms in total. The molecule has 30 heavy (non-hydrogen) atoms. The van der Waals surface area contributed by atoms with E-state index in [0.717, 1.165) is 34.5 Å². The molecule has 7 unspecified atom stereocenters. The maximum absolute atomic E-state index is 4.24. The molecule has 5 aliphatic rings. The van der Waals surface area contributed by atoms with Crippen molar-refractivity contribution in [2.24, 2.45) is 39.9 Å². The van der Waals surface area contributed by atoms with E-state index in [1.54, 1.807) is 64.2 Å². The molecule has 5 rings (SSSR count). The van der Waals surface area contributed by atoms with Gasteiger partial charge in [-0.15, -0.1) is 0 Å². The summed E-state index contributed by atoms with van der Waals surface area (Å²) in [5.41, 5.74) is 3.87. The highest BCUT2D eigenvalue weighted by molar-refractivity contribution is 5.33. The van der Waals surface area contributed by atoms with Gasteiger partial charge in [-0.2, -0.15) is 0 Å². The molecule has 0 N–H and O–H groups in total. The van der Waals surface area contributed by atoms with Gasteiger partial charge in [0.1, 0.15) is 0 Å². The summed E-state index contributed by atoms with van der Waals surface area (Å²) < 4.78 is 0. The van der Waals surface area contributed by atoms with Gasteiger partial charge >= 0.3 is 0 Å². The van der Waals surface area contributed by atoms with E-state index in [9.17, 15) is 0 Å². The first-order valence-electron chi connectivity index (χ1n) is 13.8. The molecule has 0 amide bonds. The van der Waals surface area contributed by atoms with Gasteiger partial charge in [0, 0.05) is 0 Å². The Kier molecular flexibility index (Phi) is 8.77. The summed E-state index contributed by atoms with van der Waals surface area (Å²) in [7, 11) is 0. The van der Waals surface area contributed by atoms with Crippen molar-refractivity contribution in [3.63, 3.8) is 0 Å². The molecule has 7 atom stereocenters. The second-order valence-corrected chi connectivity index (χ2v) is 11.0. The van der Waals surface area contributed by atoms with Crippen molar-refractivity contribution >= 4 is 0 Å². The monoisotopic (exact) mass is 416 g/mol. The minimum atomic E-state index is 0. The van der Waals surface area contributed by atoms with Gasteiger partial charge in [0.25, 0.3) is 0 Å². The van der Waals surface area contributed by atoms with Crippen LogP contribution in [0.4, 0.5) is 0 Å². The summed E-state index contributed by atoms with van der Waals surface area (Å²) >= 11 is 0. The second kappa shape index (κ2) is 10.1. The van der Waals surface area contributed by atoms with Gasteiger partial charge in [0.05, 0.1) is 0 Å². The van der Waals surface area contributed by atoms with E-state index >= 15 is 0 Å². The van der Waals surface area contributed by atoms with Crippen LogP contribution in [-0.4, -0.2) is 0 Å². The zero-order valence-electron chi connectivity index (χ0n) is 20.9. The minimum absolute atomic E-state index is 0. The molecule has 0 heteroatoms. The van der Waals surface area contributed by atoms with E-state index in [1.165, 1.54) is 31.3 Å². The lowest BCUT2D eigenvalue weighted by atomic mass is 9.59. The third-order valence-corrected chi connectivity index (χ3v) is 10.8. The number of allylic oxidation sites excluding steroid dienone is 1. The molecule has 0 aromatic carbocycles. The maximum atomic E-state index is 4.24. The highest BCUT2D eigenvalue weighted by atomic mass is 14.9. The van der Waals surface area contributed by atoms with E-state index in [0.29, 0.717) is 5.41 Å². The fraction of sp³-hybridized carbons (Fsp3) is 0.933. The third kappa shape index (κ3) is 3.46. The van der Waals surface area contributed by atoms with Crippen LogP contribution in [0.25, 0.3) is 0 Å². The summed E-state index contributed by atoms with van der Waals surface area (Å²) in [5, 5.41) is 0. The number of hydrogen-bond acceptors (Lipinski definition) is 0. The molecule has 0 radical (unpaired) electrons.